The van der Waals surface area contributed by atoms with Gasteiger partial charge in [-0.15, -0.1) is 0 Å². The first kappa shape index (κ1) is 21.0. The van der Waals surface area contributed by atoms with Gasteiger partial charge in [-0.05, 0) is 75.6 Å². The maximum absolute atomic E-state index is 13.1. The van der Waals surface area contributed by atoms with E-state index in [0.29, 0.717) is 18.6 Å². The highest BCUT2D eigenvalue weighted by Gasteiger charge is 2.36. The molecule has 0 aliphatic carbocycles. The number of hydrogen-bond donors (Lipinski definition) is 1. The fourth-order valence-electron chi connectivity index (χ4n) is 3.63. The Hall–Kier alpha value is -2.69. The van der Waals surface area contributed by atoms with E-state index in [0.717, 1.165) is 22.6 Å². The van der Waals surface area contributed by atoms with Crippen LogP contribution < -0.4 is 19.5 Å². The van der Waals surface area contributed by atoms with Crippen LogP contribution in [-0.4, -0.2) is 24.7 Å². The molecule has 0 fully saturated rings. The fourth-order valence-corrected chi connectivity index (χ4v) is 3.63. The lowest BCUT2D eigenvalue weighted by atomic mass is 9.89. The second-order valence-electron chi connectivity index (χ2n) is 8.29. The molecular weight excluding hydrogens is 366 g/mol. The Morgan fingerprint density at radius 1 is 1.17 bits per heavy atom. The molecule has 1 amide bonds. The van der Waals surface area contributed by atoms with Gasteiger partial charge in [-0.2, -0.15) is 0 Å². The Morgan fingerprint density at radius 3 is 2.55 bits per heavy atom. The molecule has 1 aliphatic rings. The van der Waals surface area contributed by atoms with Crippen molar-refractivity contribution in [3.63, 3.8) is 0 Å². The topological polar surface area (TPSA) is 56.8 Å². The molecule has 0 saturated carbocycles. The Labute approximate surface area is 173 Å². The van der Waals surface area contributed by atoms with Crippen LogP contribution in [0.15, 0.2) is 36.4 Å². The van der Waals surface area contributed by atoms with E-state index in [-0.39, 0.29) is 17.6 Å². The molecule has 5 heteroatoms. The monoisotopic (exact) mass is 397 g/mol. The molecule has 0 saturated heterocycles. The molecule has 1 N–H and O–H groups in total. The second-order valence-corrected chi connectivity index (χ2v) is 8.29. The van der Waals surface area contributed by atoms with E-state index in [2.05, 4.69) is 12.2 Å². The van der Waals surface area contributed by atoms with Crippen molar-refractivity contribution in [2.24, 2.45) is 0 Å². The molecular formula is C24H31NO4. The molecule has 0 radical (unpaired) electrons. The van der Waals surface area contributed by atoms with Crippen LogP contribution in [0.2, 0.25) is 0 Å². The zero-order valence-electron chi connectivity index (χ0n) is 18.2. The Morgan fingerprint density at radius 2 is 1.90 bits per heavy atom. The summed E-state index contributed by atoms with van der Waals surface area (Å²) in [6.07, 6.45) is 0.687. The third-order valence-corrected chi connectivity index (χ3v) is 5.41. The van der Waals surface area contributed by atoms with Gasteiger partial charge in [-0.1, -0.05) is 13.0 Å². The van der Waals surface area contributed by atoms with Gasteiger partial charge in [0.15, 0.2) is 6.10 Å². The minimum absolute atomic E-state index is 0.123. The summed E-state index contributed by atoms with van der Waals surface area (Å²) < 4.78 is 17.5. The number of rotatable bonds is 6. The number of carbonyl (C=O) groups excluding carboxylic acids is 1. The van der Waals surface area contributed by atoms with Gasteiger partial charge >= 0.3 is 0 Å². The van der Waals surface area contributed by atoms with Gasteiger partial charge < -0.3 is 19.5 Å². The SMILES string of the molecule is CC[C@H](Oc1ccc(C)c(C)c1)C(=O)N[C@@H]1CC(C)(C)Oc2ccc(OC)cc21. The van der Waals surface area contributed by atoms with Crippen LogP contribution in [0.3, 0.4) is 0 Å². The molecule has 0 bridgehead atoms. The van der Waals surface area contributed by atoms with Gasteiger partial charge in [-0.3, -0.25) is 4.79 Å². The highest BCUT2D eigenvalue weighted by Crippen LogP contribution is 2.41. The van der Waals surface area contributed by atoms with E-state index in [1.807, 2.05) is 64.1 Å². The summed E-state index contributed by atoms with van der Waals surface area (Å²) >= 11 is 0. The van der Waals surface area contributed by atoms with Crippen LogP contribution in [0.25, 0.3) is 0 Å². The van der Waals surface area contributed by atoms with Gasteiger partial charge in [0.25, 0.3) is 5.91 Å². The van der Waals surface area contributed by atoms with Crippen molar-refractivity contribution in [1.29, 1.82) is 0 Å². The van der Waals surface area contributed by atoms with Crippen LogP contribution in [0.4, 0.5) is 0 Å². The number of aryl methyl sites for hydroxylation is 2. The van der Waals surface area contributed by atoms with Crippen LogP contribution in [0.5, 0.6) is 17.2 Å². The van der Waals surface area contributed by atoms with Crippen molar-refractivity contribution in [2.45, 2.75) is 65.2 Å². The Balaban J connectivity index is 1.80. The lowest BCUT2D eigenvalue weighted by Gasteiger charge is -2.38. The summed E-state index contributed by atoms with van der Waals surface area (Å²) in [5.74, 6) is 2.10. The highest BCUT2D eigenvalue weighted by atomic mass is 16.5. The molecule has 29 heavy (non-hydrogen) atoms. The lowest BCUT2D eigenvalue weighted by Crippen LogP contribution is -2.45. The summed E-state index contributed by atoms with van der Waals surface area (Å²) in [5, 5.41) is 3.18. The van der Waals surface area contributed by atoms with Gasteiger partial charge in [0.05, 0.1) is 13.2 Å². The van der Waals surface area contributed by atoms with Crippen molar-refractivity contribution in [3.8, 4) is 17.2 Å². The number of ether oxygens (including phenoxy) is 3. The molecule has 0 spiro atoms. The number of amides is 1. The molecule has 156 valence electrons. The summed E-state index contributed by atoms with van der Waals surface area (Å²) in [5.41, 5.74) is 2.89. The van der Waals surface area contributed by atoms with E-state index >= 15 is 0 Å². The molecule has 5 nitrogen and oxygen atoms in total. The zero-order chi connectivity index (χ0) is 21.2. The second kappa shape index (κ2) is 8.36. The molecule has 2 atom stereocenters. The van der Waals surface area contributed by atoms with Crippen LogP contribution in [0.1, 0.15) is 56.3 Å². The van der Waals surface area contributed by atoms with Crippen LogP contribution in [0, 0.1) is 13.8 Å². The zero-order valence-corrected chi connectivity index (χ0v) is 18.2. The van der Waals surface area contributed by atoms with Crippen LogP contribution >= 0.6 is 0 Å². The van der Waals surface area contributed by atoms with Crippen molar-refractivity contribution < 1.29 is 19.0 Å². The number of hydrogen-bond acceptors (Lipinski definition) is 4. The van der Waals surface area contributed by atoms with Gasteiger partial charge in [0.1, 0.15) is 22.8 Å². The van der Waals surface area contributed by atoms with Crippen molar-refractivity contribution in [1.82, 2.24) is 5.32 Å². The predicted octanol–water partition coefficient (Wildman–Crippen LogP) is 4.89. The van der Waals surface area contributed by atoms with Crippen molar-refractivity contribution in [2.75, 3.05) is 7.11 Å². The lowest BCUT2D eigenvalue weighted by molar-refractivity contribution is -0.129. The van der Waals surface area contributed by atoms with Crippen molar-refractivity contribution in [3.05, 3.63) is 53.1 Å². The first-order chi connectivity index (χ1) is 13.7. The molecule has 2 aromatic carbocycles. The summed E-state index contributed by atoms with van der Waals surface area (Å²) in [4.78, 5) is 13.1. The predicted molar refractivity (Wildman–Crippen MR) is 114 cm³/mol. The largest absolute Gasteiger partial charge is 0.497 e. The maximum Gasteiger partial charge on any atom is 0.261 e. The van der Waals surface area contributed by atoms with E-state index in [9.17, 15) is 4.79 Å². The molecule has 3 rings (SSSR count). The average molecular weight is 398 g/mol. The number of carbonyl (C=O) groups is 1. The van der Waals surface area contributed by atoms with Gasteiger partial charge in [0, 0.05) is 12.0 Å². The quantitative estimate of drug-likeness (QED) is 0.754. The number of methoxy groups -OCH3 is 1. The Bertz CT molecular complexity index is 890. The van der Waals surface area contributed by atoms with Crippen LogP contribution in [-0.2, 0) is 4.79 Å². The molecule has 1 aliphatic heterocycles. The van der Waals surface area contributed by atoms with Crippen molar-refractivity contribution >= 4 is 5.91 Å². The van der Waals surface area contributed by atoms with E-state index < -0.39 is 6.10 Å². The fraction of sp³-hybridized carbons (Fsp3) is 0.458. The molecule has 0 aromatic heterocycles. The maximum atomic E-state index is 13.1. The standard InChI is InChI=1S/C24H31NO4/c1-7-21(28-18-9-8-15(2)16(3)12-18)23(26)25-20-14-24(4,5)29-22-11-10-17(27-6)13-19(20)22/h8-13,20-21H,7,14H2,1-6H3,(H,25,26)/t20-,21+/m1/s1. The number of benzene rings is 2. The van der Waals surface area contributed by atoms with E-state index in [4.69, 9.17) is 14.2 Å². The third-order valence-electron chi connectivity index (χ3n) is 5.41. The first-order valence-corrected chi connectivity index (χ1v) is 10.1. The summed E-state index contributed by atoms with van der Waals surface area (Å²) in [7, 11) is 1.63. The van der Waals surface area contributed by atoms with E-state index in [1.54, 1.807) is 7.11 Å². The van der Waals surface area contributed by atoms with Gasteiger partial charge in [-0.25, -0.2) is 0 Å². The minimum atomic E-state index is -0.558. The summed E-state index contributed by atoms with van der Waals surface area (Å²) in [6.45, 7) is 10.1. The van der Waals surface area contributed by atoms with Gasteiger partial charge in [0.2, 0.25) is 0 Å². The smallest absolute Gasteiger partial charge is 0.261 e. The normalized spacial score (nSPS) is 18.2. The summed E-state index contributed by atoms with van der Waals surface area (Å²) in [6, 6.07) is 11.4. The molecule has 1 heterocycles. The number of fused-ring (bicyclic) bond motifs is 1. The minimum Gasteiger partial charge on any atom is -0.497 e. The molecule has 2 aromatic rings. The highest BCUT2D eigenvalue weighted by molar-refractivity contribution is 5.81. The number of nitrogens with one attached hydrogen (secondary N) is 1. The van der Waals surface area contributed by atoms with E-state index in [1.165, 1.54) is 5.56 Å². The Kier molecular flexibility index (Phi) is 6.06. The first-order valence-electron chi connectivity index (χ1n) is 10.1. The third kappa shape index (κ3) is 4.84. The molecule has 0 unspecified atom stereocenters. The average Bonchev–Trinajstić information content (AvgIpc) is 2.67.